The van der Waals surface area contributed by atoms with Crippen LogP contribution in [0, 0.1) is 11.3 Å². The molecule has 0 saturated heterocycles. The average molecular weight is 491 g/mol. The minimum atomic E-state index is -3.32. The van der Waals surface area contributed by atoms with Gasteiger partial charge >= 0.3 is 5.97 Å². The topological polar surface area (TPSA) is 122 Å². The number of aliphatic hydroxyl groups excluding tert-OH is 1. The molecule has 0 bridgehead atoms. The van der Waals surface area contributed by atoms with Crippen molar-refractivity contribution in [2.45, 2.75) is 58.8 Å². The Morgan fingerprint density at radius 3 is 2.47 bits per heavy atom. The van der Waals surface area contributed by atoms with Gasteiger partial charge in [-0.25, -0.2) is 13.8 Å². The Morgan fingerprint density at radius 1 is 1.25 bits per heavy atom. The van der Waals surface area contributed by atoms with Crippen LogP contribution in [0.25, 0.3) is 0 Å². The molecule has 3 N–H and O–H groups in total. The fraction of sp³-hybridized carbons (Fsp3) is 0.727. The lowest BCUT2D eigenvalue weighted by molar-refractivity contribution is -0.144. The molecule has 0 aliphatic rings. The molecular formula is C22H38N2O6S2. The van der Waals surface area contributed by atoms with Gasteiger partial charge in [0.1, 0.15) is 0 Å². The summed E-state index contributed by atoms with van der Waals surface area (Å²) in [6.45, 7) is 7.10. The standard InChI is InChI=1S/C22H38N2O6S2/c1-16(19(26)30-6)12-17-13-18(31-14-17)22(4,20(27)24-23-5)9-7-8-21(2,3)15-32(28,29)11-10-25/h13-14,16,23,25H,7-12,15H2,1-6H3,(H,24,27)/t16-,22?/m1/s1. The zero-order valence-electron chi connectivity index (χ0n) is 20.0. The van der Waals surface area contributed by atoms with E-state index >= 15 is 0 Å². The summed E-state index contributed by atoms with van der Waals surface area (Å²) >= 11 is 1.48. The van der Waals surface area contributed by atoms with E-state index in [0.717, 1.165) is 10.4 Å². The van der Waals surface area contributed by atoms with Crippen molar-refractivity contribution in [1.29, 1.82) is 0 Å². The van der Waals surface area contributed by atoms with Crippen molar-refractivity contribution >= 4 is 33.1 Å². The highest BCUT2D eigenvalue weighted by atomic mass is 32.2. The van der Waals surface area contributed by atoms with Gasteiger partial charge in [0.25, 0.3) is 0 Å². The van der Waals surface area contributed by atoms with Crippen LogP contribution >= 0.6 is 11.3 Å². The maximum atomic E-state index is 13.0. The molecule has 0 aliphatic heterocycles. The van der Waals surface area contributed by atoms with Crippen molar-refractivity contribution in [3.8, 4) is 0 Å². The number of carbonyl (C=O) groups is 2. The first-order valence-corrected chi connectivity index (χ1v) is 13.4. The van der Waals surface area contributed by atoms with Crippen molar-refractivity contribution in [3.63, 3.8) is 0 Å². The van der Waals surface area contributed by atoms with Crippen LogP contribution in [0.4, 0.5) is 0 Å². The largest absolute Gasteiger partial charge is 0.469 e. The molecule has 0 aromatic carbocycles. The third-order valence-corrected chi connectivity index (χ3v) is 8.89. The molecule has 1 rings (SSSR count). The van der Waals surface area contributed by atoms with Gasteiger partial charge in [0.2, 0.25) is 5.91 Å². The first-order chi connectivity index (χ1) is 14.8. The SMILES string of the molecule is CNNC(=O)C(C)(CCCC(C)(C)CS(=O)(=O)CCO)c1cc(C[C@@H](C)C(=O)OC)cs1. The first-order valence-electron chi connectivity index (χ1n) is 10.7. The molecule has 0 radical (unpaired) electrons. The number of hydrazine groups is 1. The number of sulfone groups is 1. The van der Waals surface area contributed by atoms with Crippen LogP contribution in [0.1, 0.15) is 57.4 Å². The van der Waals surface area contributed by atoms with E-state index in [1.165, 1.54) is 18.4 Å². The smallest absolute Gasteiger partial charge is 0.308 e. The Hall–Kier alpha value is -1.49. The van der Waals surface area contributed by atoms with Crippen LogP contribution in [-0.4, -0.2) is 57.7 Å². The summed E-state index contributed by atoms with van der Waals surface area (Å²) in [7, 11) is -0.326. The van der Waals surface area contributed by atoms with Crippen molar-refractivity contribution in [2.75, 3.05) is 32.3 Å². The third kappa shape index (κ3) is 8.46. The second-order valence-corrected chi connectivity index (χ2v) is 12.4. The van der Waals surface area contributed by atoms with Gasteiger partial charge in [0.05, 0.1) is 36.6 Å². The van der Waals surface area contributed by atoms with Gasteiger partial charge in [-0.05, 0) is 48.6 Å². The van der Waals surface area contributed by atoms with Gasteiger partial charge < -0.3 is 9.84 Å². The molecule has 0 spiro atoms. The van der Waals surface area contributed by atoms with Gasteiger partial charge in [-0.2, -0.15) is 0 Å². The zero-order valence-corrected chi connectivity index (χ0v) is 21.6. The maximum Gasteiger partial charge on any atom is 0.308 e. The predicted molar refractivity (Wildman–Crippen MR) is 127 cm³/mol. The Balaban J connectivity index is 2.96. The molecule has 0 aliphatic carbocycles. The minimum Gasteiger partial charge on any atom is -0.469 e. The molecule has 10 heteroatoms. The fourth-order valence-corrected chi connectivity index (χ4v) is 6.68. The molecule has 1 amide bonds. The second-order valence-electron chi connectivity index (χ2n) is 9.32. The highest BCUT2D eigenvalue weighted by molar-refractivity contribution is 7.91. The normalized spacial score (nSPS) is 15.1. The molecule has 1 unspecified atom stereocenters. The number of amides is 1. The van der Waals surface area contributed by atoms with Crippen LogP contribution < -0.4 is 10.9 Å². The van der Waals surface area contributed by atoms with E-state index in [9.17, 15) is 18.0 Å². The highest BCUT2D eigenvalue weighted by Gasteiger charge is 2.37. The monoisotopic (exact) mass is 490 g/mol. The summed E-state index contributed by atoms with van der Waals surface area (Å²) in [6.07, 6.45) is 2.35. The van der Waals surface area contributed by atoms with Gasteiger partial charge in [-0.3, -0.25) is 15.0 Å². The number of rotatable bonds is 14. The summed E-state index contributed by atoms with van der Waals surface area (Å²) in [5, 5.41) is 10.9. The van der Waals surface area contributed by atoms with Crippen LogP contribution in [0.2, 0.25) is 0 Å². The van der Waals surface area contributed by atoms with Crippen LogP contribution in [0.3, 0.4) is 0 Å². The van der Waals surface area contributed by atoms with Gasteiger partial charge in [0, 0.05) is 11.9 Å². The van der Waals surface area contributed by atoms with E-state index in [1.54, 1.807) is 7.05 Å². The van der Waals surface area contributed by atoms with E-state index in [-0.39, 0.29) is 35.9 Å². The van der Waals surface area contributed by atoms with Crippen molar-refractivity contribution < 1.29 is 27.9 Å². The van der Waals surface area contributed by atoms with E-state index < -0.39 is 20.7 Å². The van der Waals surface area contributed by atoms with Crippen molar-refractivity contribution in [2.24, 2.45) is 11.3 Å². The predicted octanol–water partition coefficient (Wildman–Crippen LogP) is 2.21. The van der Waals surface area contributed by atoms with Crippen LogP contribution in [0.5, 0.6) is 0 Å². The summed E-state index contributed by atoms with van der Waals surface area (Å²) in [6, 6.07) is 1.97. The molecule has 32 heavy (non-hydrogen) atoms. The van der Waals surface area contributed by atoms with E-state index in [2.05, 4.69) is 10.9 Å². The van der Waals surface area contributed by atoms with Crippen LogP contribution in [0.15, 0.2) is 11.4 Å². The second kappa shape index (κ2) is 12.1. The quantitative estimate of drug-likeness (QED) is 0.270. The fourth-order valence-electron chi connectivity index (χ4n) is 3.81. The molecule has 0 saturated carbocycles. The summed E-state index contributed by atoms with van der Waals surface area (Å²) in [5.74, 6) is -0.955. The number of methoxy groups -OCH3 is 1. The number of ether oxygens (including phenoxy) is 1. The van der Waals surface area contributed by atoms with Gasteiger partial charge in [-0.1, -0.05) is 27.2 Å². The maximum absolute atomic E-state index is 13.0. The van der Waals surface area contributed by atoms with Gasteiger partial charge in [-0.15, -0.1) is 11.3 Å². The van der Waals surface area contributed by atoms with Crippen molar-refractivity contribution in [3.05, 3.63) is 21.9 Å². The number of hydrogen-bond donors (Lipinski definition) is 3. The zero-order chi connectivity index (χ0) is 24.6. The Morgan fingerprint density at radius 2 is 1.91 bits per heavy atom. The molecule has 0 fully saturated rings. The first kappa shape index (κ1) is 28.5. The van der Waals surface area contributed by atoms with E-state index in [0.29, 0.717) is 25.7 Å². The summed E-state index contributed by atoms with van der Waals surface area (Å²) < 4.78 is 29.0. The Bertz CT molecular complexity index is 866. The lowest BCUT2D eigenvalue weighted by Crippen LogP contribution is -2.46. The Kier molecular flexibility index (Phi) is 10.8. The number of nitrogens with one attached hydrogen (secondary N) is 2. The third-order valence-electron chi connectivity index (χ3n) is 5.63. The molecular weight excluding hydrogens is 452 g/mol. The number of esters is 1. The summed E-state index contributed by atoms with van der Waals surface area (Å²) in [4.78, 5) is 25.6. The molecule has 2 atom stereocenters. The number of aliphatic hydroxyl groups is 1. The molecule has 1 aromatic heterocycles. The van der Waals surface area contributed by atoms with Gasteiger partial charge in [0.15, 0.2) is 9.84 Å². The number of carbonyl (C=O) groups excluding carboxylic acids is 2. The average Bonchev–Trinajstić information content (AvgIpc) is 3.15. The highest BCUT2D eigenvalue weighted by Crippen LogP contribution is 2.37. The Labute approximate surface area is 196 Å². The molecule has 1 aromatic rings. The summed E-state index contributed by atoms with van der Waals surface area (Å²) in [5.41, 5.74) is 5.08. The van der Waals surface area contributed by atoms with E-state index in [1.807, 2.05) is 39.1 Å². The van der Waals surface area contributed by atoms with E-state index in [4.69, 9.17) is 9.84 Å². The lowest BCUT2D eigenvalue weighted by atomic mass is 9.79. The molecule has 8 nitrogen and oxygen atoms in total. The minimum absolute atomic E-state index is 0.00540. The van der Waals surface area contributed by atoms with Crippen LogP contribution in [-0.2, 0) is 36.0 Å². The molecule has 1 heterocycles. The molecule has 184 valence electrons. The number of hydrogen-bond acceptors (Lipinski definition) is 8. The number of thiophene rings is 1. The van der Waals surface area contributed by atoms with Crippen molar-refractivity contribution in [1.82, 2.24) is 10.9 Å². The lowest BCUT2D eigenvalue weighted by Gasteiger charge is -2.30.